The van der Waals surface area contributed by atoms with Crippen LogP contribution in [-0.4, -0.2) is 26.9 Å². The Hall–Kier alpha value is -2.18. The van der Waals surface area contributed by atoms with Gasteiger partial charge in [-0.25, -0.2) is 4.79 Å². The van der Waals surface area contributed by atoms with Crippen LogP contribution in [0.15, 0.2) is 64.0 Å². The molecule has 1 fully saturated rings. The molecule has 28 heavy (non-hydrogen) atoms. The van der Waals surface area contributed by atoms with E-state index >= 15 is 0 Å². The normalized spacial score (nSPS) is 25.4. The van der Waals surface area contributed by atoms with Crippen molar-refractivity contribution in [2.24, 2.45) is 0 Å². The Morgan fingerprint density at radius 1 is 1.25 bits per heavy atom. The second kappa shape index (κ2) is 8.88. The second-order valence-electron chi connectivity index (χ2n) is 6.37. The Labute approximate surface area is 174 Å². The van der Waals surface area contributed by atoms with Gasteiger partial charge in [-0.1, -0.05) is 42.5 Å². The summed E-state index contributed by atoms with van der Waals surface area (Å²) in [5.74, 6) is 0.644. The summed E-state index contributed by atoms with van der Waals surface area (Å²) in [5, 5.41) is 10.5. The second-order valence-corrected chi connectivity index (χ2v) is 6.37. The zero-order chi connectivity index (χ0) is 19.5. The zero-order valence-electron chi connectivity index (χ0n) is 15.9. The molecule has 1 saturated heterocycles. The van der Waals surface area contributed by atoms with E-state index in [1.54, 1.807) is 6.20 Å². The minimum absolute atomic E-state index is 0. The fourth-order valence-corrected chi connectivity index (χ4v) is 3.02. The van der Waals surface area contributed by atoms with Crippen LogP contribution in [0.5, 0.6) is 0 Å². The summed E-state index contributed by atoms with van der Waals surface area (Å²) >= 11 is 0. The molecular weight excluding hydrogens is 400 g/mol. The molecule has 2 aromatic rings. The SMILES string of the molecule is [2H]C[C@H]1O[C@@H](n2cc3cc(C4=C[CH]C=C4)oc3nc2=O)CC1O.[CH]1C=CC=C1.[Fe]. The standard InChI is InChI=1S/C16H15N2O4.C5H5.Fe/c1-9-12(19)7-14(21-9)18-8-11-6-13(10-4-2-3-5-10)22-15(11)17-16(18)20;1-2-4-5-3-1;/h2-6,8-9,12,14,19H,7H2,1H3;1-5H;/t9-,12?,14-;;/m1../s1/i1D;;. The first-order chi connectivity index (χ1) is 13.7. The molecule has 2 aliphatic carbocycles. The molecule has 1 N–H and O–H groups in total. The monoisotopic (exact) mass is 421 g/mol. The van der Waals surface area contributed by atoms with E-state index in [1.807, 2.05) is 61.4 Å². The van der Waals surface area contributed by atoms with Crippen LogP contribution < -0.4 is 5.69 Å². The van der Waals surface area contributed by atoms with Crippen molar-refractivity contribution in [2.45, 2.75) is 31.8 Å². The molecule has 0 amide bonds. The van der Waals surface area contributed by atoms with Gasteiger partial charge in [0.05, 0.1) is 17.6 Å². The van der Waals surface area contributed by atoms with Crippen molar-refractivity contribution in [3.05, 3.63) is 83.9 Å². The zero-order valence-corrected chi connectivity index (χ0v) is 16.0. The molecule has 146 valence electrons. The Kier molecular flexibility index (Phi) is 6.07. The number of fused-ring (bicyclic) bond motifs is 1. The molecule has 2 radical (unpaired) electrons. The van der Waals surface area contributed by atoms with Crippen LogP contribution in [0, 0.1) is 12.8 Å². The van der Waals surface area contributed by atoms with E-state index in [0.29, 0.717) is 11.1 Å². The van der Waals surface area contributed by atoms with Gasteiger partial charge in [0.25, 0.3) is 0 Å². The molecule has 7 heteroatoms. The van der Waals surface area contributed by atoms with Crippen LogP contribution in [0.25, 0.3) is 16.7 Å². The van der Waals surface area contributed by atoms with Crippen molar-refractivity contribution >= 4 is 16.7 Å². The summed E-state index contributed by atoms with van der Waals surface area (Å²) in [6, 6.07) is 1.82. The average molecular weight is 421 g/mol. The van der Waals surface area contributed by atoms with Gasteiger partial charge in [-0.3, -0.25) is 4.57 Å². The van der Waals surface area contributed by atoms with E-state index in [0.717, 1.165) is 5.57 Å². The van der Waals surface area contributed by atoms with Gasteiger partial charge >= 0.3 is 5.69 Å². The molecule has 5 rings (SSSR count). The van der Waals surface area contributed by atoms with Gasteiger partial charge in [0.15, 0.2) is 0 Å². The Balaban J connectivity index is 0.000000352. The molecule has 2 aromatic heterocycles. The fraction of sp³-hybridized carbons (Fsp3) is 0.238. The molecule has 1 aliphatic heterocycles. The number of allylic oxidation sites excluding steroid dienone is 8. The molecule has 0 bridgehead atoms. The predicted molar refractivity (Wildman–Crippen MR) is 102 cm³/mol. The van der Waals surface area contributed by atoms with Crippen LogP contribution in [-0.2, 0) is 21.8 Å². The topological polar surface area (TPSA) is 77.5 Å². The summed E-state index contributed by atoms with van der Waals surface area (Å²) in [7, 11) is 0. The molecule has 6 nitrogen and oxygen atoms in total. The number of aliphatic hydroxyl groups is 1. The molecular formula is C21H20FeN2O4. The Bertz CT molecular complexity index is 1030. The van der Waals surface area contributed by atoms with Crippen molar-refractivity contribution in [3.8, 4) is 0 Å². The van der Waals surface area contributed by atoms with Crippen molar-refractivity contribution in [1.82, 2.24) is 9.55 Å². The summed E-state index contributed by atoms with van der Waals surface area (Å²) in [6.07, 6.45) is 17.6. The van der Waals surface area contributed by atoms with Gasteiger partial charge in [-0.2, -0.15) is 4.98 Å². The van der Waals surface area contributed by atoms with Crippen LogP contribution in [0.2, 0.25) is 0 Å². The summed E-state index contributed by atoms with van der Waals surface area (Å²) in [5.41, 5.74) is 0.700. The van der Waals surface area contributed by atoms with Gasteiger partial charge in [0.2, 0.25) is 5.71 Å². The molecule has 0 saturated carbocycles. The number of nitrogens with zero attached hydrogens (tertiary/aromatic N) is 2. The van der Waals surface area contributed by atoms with E-state index < -0.39 is 24.1 Å². The maximum atomic E-state index is 12.2. The minimum atomic E-state index is -0.746. The first-order valence-electron chi connectivity index (χ1n) is 9.40. The van der Waals surface area contributed by atoms with Crippen LogP contribution in [0.1, 0.15) is 26.7 Å². The average Bonchev–Trinajstić information content (AvgIpc) is 3.47. The van der Waals surface area contributed by atoms with Gasteiger partial charge in [0, 0.05) is 49.5 Å². The van der Waals surface area contributed by atoms with Crippen LogP contribution in [0.4, 0.5) is 0 Å². The van der Waals surface area contributed by atoms with Crippen LogP contribution >= 0.6 is 0 Å². The molecule has 3 atom stereocenters. The number of furan rings is 1. The van der Waals surface area contributed by atoms with Gasteiger partial charge in [-0.15, -0.1) is 0 Å². The van der Waals surface area contributed by atoms with E-state index in [9.17, 15) is 9.90 Å². The number of aromatic nitrogens is 2. The largest absolute Gasteiger partial charge is 0.438 e. The van der Waals surface area contributed by atoms with E-state index in [-0.39, 0.29) is 36.1 Å². The molecule has 3 aliphatic rings. The number of ether oxygens (including phenoxy) is 1. The fourth-order valence-electron chi connectivity index (χ4n) is 3.02. The minimum Gasteiger partial charge on any atom is -0.438 e. The van der Waals surface area contributed by atoms with E-state index in [4.69, 9.17) is 10.5 Å². The Morgan fingerprint density at radius 3 is 2.68 bits per heavy atom. The molecule has 0 spiro atoms. The van der Waals surface area contributed by atoms with Gasteiger partial charge in [-0.05, 0) is 13.0 Å². The third-order valence-electron chi connectivity index (χ3n) is 4.45. The summed E-state index contributed by atoms with van der Waals surface area (Å²) in [6.45, 7) is -0.0467. The van der Waals surface area contributed by atoms with Crippen LogP contribution in [0.3, 0.4) is 0 Å². The summed E-state index contributed by atoms with van der Waals surface area (Å²) < 4.78 is 19.9. The van der Waals surface area contributed by atoms with Crippen molar-refractivity contribution in [1.29, 1.82) is 0 Å². The van der Waals surface area contributed by atoms with Gasteiger partial charge in [0.1, 0.15) is 12.0 Å². The number of rotatable bonds is 2. The predicted octanol–water partition coefficient (Wildman–Crippen LogP) is 3.13. The van der Waals surface area contributed by atoms with Gasteiger partial charge < -0.3 is 14.3 Å². The number of hydrogen-bond donors (Lipinski definition) is 1. The van der Waals surface area contributed by atoms with Crippen molar-refractivity contribution in [3.63, 3.8) is 0 Å². The smallest absolute Gasteiger partial charge is 0.353 e. The maximum Gasteiger partial charge on any atom is 0.353 e. The molecule has 3 heterocycles. The third-order valence-corrected chi connectivity index (χ3v) is 4.45. The first kappa shape index (κ1) is 19.1. The maximum absolute atomic E-state index is 12.2. The number of aliphatic hydroxyl groups excluding tert-OH is 1. The van der Waals surface area contributed by atoms with Crippen molar-refractivity contribution in [2.75, 3.05) is 0 Å². The molecule has 0 aromatic carbocycles. The third kappa shape index (κ3) is 4.28. The number of hydrogen-bond acceptors (Lipinski definition) is 5. The van der Waals surface area contributed by atoms with Crippen molar-refractivity contribution < 1.29 is 32.7 Å². The van der Waals surface area contributed by atoms with E-state index in [1.165, 1.54) is 4.57 Å². The quantitative estimate of drug-likeness (QED) is 0.755. The van der Waals surface area contributed by atoms with E-state index in [2.05, 4.69) is 4.98 Å². The first-order valence-corrected chi connectivity index (χ1v) is 8.70. The summed E-state index contributed by atoms with van der Waals surface area (Å²) in [4.78, 5) is 16.2. The Morgan fingerprint density at radius 2 is 2.07 bits per heavy atom. The molecule has 1 unspecified atom stereocenters.